The molecular weight excluding hydrogens is 228 g/mol. The van der Waals surface area contributed by atoms with Crippen LogP contribution in [0.5, 0.6) is 0 Å². The van der Waals surface area contributed by atoms with Crippen molar-refractivity contribution in [1.82, 2.24) is 0 Å². The van der Waals surface area contributed by atoms with E-state index in [1.165, 1.54) is 6.26 Å². The Bertz CT molecular complexity index is 242. The number of ether oxygens (including phenoxy) is 2. The molecule has 1 heterocycles. The molecule has 0 aromatic rings. The minimum absolute atomic E-state index is 0.455. The van der Waals surface area contributed by atoms with Crippen molar-refractivity contribution in [2.75, 3.05) is 6.61 Å². The van der Waals surface area contributed by atoms with Gasteiger partial charge in [0.05, 0.1) is 12.9 Å². The number of hydrogen-bond acceptors (Lipinski definition) is 6. The van der Waals surface area contributed by atoms with Crippen LogP contribution in [0.15, 0.2) is 12.3 Å². The van der Waals surface area contributed by atoms with Gasteiger partial charge in [-0.25, -0.2) is 0 Å². The molecule has 1 aliphatic heterocycles. The second-order valence-electron chi connectivity index (χ2n) is 3.99. The molecular formula is C11H20O6. The maximum absolute atomic E-state index is 9.60. The average molecular weight is 248 g/mol. The van der Waals surface area contributed by atoms with Gasteiger partial charge in [0.2, 0.25) is 6.29 Å². The molecule has 4 N–H and O–H groups in total. The highest BCUT2D eigenvalue weighted by Crippen LogP contribution is 2.22. The van der Waals surface area contributed by atoms with Crippen molar-refractivity contribution in [2.24, 2.45) is 0 Å². The summed E-state index contributed by atoms with van der Waals surface area (Å²) >= 11 is 0. The van der Waals surface area contributed by atoms with E-state index in [2.05, 4.69) is 0 Å². The molecule has 0 spiro atoms. The van der Waals surface area contributed by atoms with Gasteiger partial charge in [-0.1, -0.05) is 13.3 Å². The zero-order valence-corrected chi connectivity index (χ0v) is 9.77. The van der Waals surface area contributed by atoms with E-state index in [1.807, 2.05) is 6.92 Å². The lowest BCUT2D eigenvalue weighted by atomic mass is 9.99. The van der Waals surface area contributed by atoms with Crippen molar-refractivity contribution in [2.45, 2.75) is 50.5 Å². The van der Waals surface area contributed by atoms with Gasteiger partial charge in [0.1, 0.15) is 24.4 Å². The molecule has 1 rings (SSSR count). The molecule has 17 heavy (non-hydrogen) atoms. The maximum atomic E-state index is 9.60. The fourth-order valence-electron chi connectivity index (χ4n) is 1.55. The summed E-state index contributed by atoms with van der Waals surface area (Å²) in [7, 11) is 0. The second kappa shape index (κ2) is 6.93. The largest absolute Gasteiger partial charge is 0.470 e. The molecule has 0 unspecified atom stereocenters. The van der Waals surface area contributed by atoms with Gasteiger partial charge < -0.3 is 29.9 Å². The van der Waals surface area contributed by atoms with Gasteiger partial charge in [0, 0.05) is 0 Å². The summed E-state index contributed by atoms with van der Waals surface area (Å²) in [5.74, 6) is 0. The van der Waals surface area contributed by atoms with Crippen LogP contribution in [0.1, 0.15) is 19.8 Å². The SMILES string of the molecule is CCCC=CO[C@H]1O[C@H](CO)[C@@H](O)[C@H](O)[C@H]1O. The van der Waals surface area contributed by atoms with Gasteiger partial charge >= 0.3 is 0 Å². The molecule has 0 radical (unpaired) electrons. The number of aliphatic hydroxyl groups is 4. The highest BCUT2D eigenvalue weighted by atomic mass is 16.7. The van der Waals surface area contributed by atoms with Crippen LogP contribution >= 0.6 is 0 Å². The lowest BCUT2D eigenvalue weighted by molar-refractivity contribution is -0.287. The smallest absolute Gasteiger partial charge is 0.228 e. The molecule has 100 valence electrons. The van der Waals surface area contributed by atoms with E-state index in [9.17, 15) is 15.3 Å². The molecule has 5 atom stereocenters. The van der Waals surface area contributed by atoms with Crippen LogP contribution in [0.4, 0.5) is 0 Å². The van der Waals surface area contributed by atoms with Crippen LogP contribution in [0.25, 0.3) is 0 Å². The first-order valence-electron chi connectivity index (χ1n) is 5.72. The molecule has 0 bridgehead atoms. The van der Waals surface area contributed by atoms with Gasteiger partial charge in [-0.2, -0.15) is 0 Å². The zero-order chi connectivity index (χ0) is 12.8. The van der Waals surface area contributed by atoms with Crippen LogP contribution in [0.3, 0.4) is 0 Å². The third kappa shape index (κ3) is 3.65. The summed E-state index contributed by atoms with van der Waals surface area (Å²) < 4.78 is 10.2. The van der Waals surface area contributed by atoms with Crippen LogP contribution in [0, 0.1) is 0 Å². The lowest BCUT2D eigenvalue weighted by Gasteiger charge is -2.39. The first-order chi connectivity index (χ1) is 8.11. The summed E-state index contributed by atoms with van der Waals surface area (Å²) in [6, 6.07) is 0. The number of hydrogen-bond donors (Lipinski definition) is 4. The Balaban J connectivity index is 2.53. The molecule has 0 saturated carbocycles. The highest BCUT2D eigenvalue weighted by Gasteiger charge is 2.44. The summed E-state index contributed by atoms with van der Waals surface area (Å²) in [6.45, 7) is 1.56. The molecule has 0 aromatic heterocycles. The van der Waals surface area contributed by atoms with Crippen LogP contribution in [-0.4, -0.2) is 57.7 Å². The second-order valence-corrected chi connectivity index (χ2v) is 3.99. The van der Waals surface area contributed by atoms with Gasteiger partial charge in [-0.05, 0) is 12.5 Å². The third-order valence-electron chi connectivity index (χ3n) is 2.61. The Morgan fingerprint density at radius 3 is 2.47 bits per heavy atom. The van der Waals surface area contributed by atoms with Gasteiger partial charge in [0.25, 0.3) is 0 Å². The van der Waals surface area contributed by atoms with E-state index in [0.717, 1.165) is 12.8 Å². The van der Waals surface area contributed by atoms with Gasteiger partial charge in [-0.3, -0.25) is 0 Å². The van der Waals surface area contributed by atoms with Crippen molar-refractivity contribution in [1.29, 1.82) is 0 Å². The van der Waals surface area contributed by atoms with E-state index in [1.54, 1.807) is 6.08 Å². The first kappa shape index (κ1) is 14.4. The number of rotatable bonds is 5. The molecule has 0 amide bonds. The Morgan fingerprint density at radius 1 is 1.18 bits per heavy atom. The molecule has 0 aromatic carbocycles. The molecule has 1 aliphatic rings. The molecule has 6 heteroatoms. The minimum Gasteiger partial charge on any atom is -0.470 e. The van der Waals surface area contributed by atoms with E-state index >= 15 is 0 Å². The highest BCUT2D eigenvalue weighted by molar-refractivity contribution is 4.89. The third-order valence-corrected chi connectivity index (χ3v) is 2.61. The van der Waals surface area contributed by atoms with E-state index in [4.69, 9.17) is 14.6 Å². The Kier molecular flexibility index (Phi) is 5.87. The molecule has 6 nitrogen and oxygen atoms in total. The van der Waals surface area contributed by atoms with Crippen LogP contribution in [-0.2, 0) is 9.47 Å². The predicted octanol–water partition coefficient (Wildman–Crippen LogP) is -0.883. The topological polar surface area (TPSA) is 99.4 Å². The molecule has 1 fully saturated rings. The van der Waals surface area contributed by atoms with E-state index in [-0.39, 0.29) is 0 Å². The first-order valence-corrected chi connectivity index (χ1v) is 5.72. The summed E-state index contributed by atoms with van der Waals surface area (Å²) in [4.78, 5) is 0. The predicted molar refractivity (Wildman–Crippen MR) is 58.9 cm³/mol. The maximum Gasteiger partial charge on any atom is 0.228 e. The summed E-state index contributed by atoms with van der Waals surface area (Å²) in [5, 5.41) is 37.5. The molecule has 0 aliphatic carbocycles. The number of aliphatic hydroxyl groups excluding tert-OH is 4. The van der Waals surface area contributed by atoms with Crippen LogP contribution in [0.2, 0.25) is 0 Å². The Morgan fingerprint density at radius 2 is 1.88 bits per heavy atom. The van der Waals surface area contributed by atoms with Crippen molar-refractivity contribution in [3.63, 3.8) is 0 Å². The van der Waals surface area contributed by atoms with Crippen molar-refractivity contribution >= 4 is 0 Å². The standard InChI is InChI=1S/C11H20O6/c1-2-3-4-5-16-11-10(15)9(14)8(13)7(6-12)17-11/h4-5,7-15H,2-3,6H2,1H3/t7-,8-,9+,10-,11+/m1/s1. The Hall–Kier alpha value is -0.660. The van der Waals surface area contributed by atoms with Gasteiger partial charge in [0.15, 0.2) is 0 Å². The quantitative estimate of drug-likeness (QED) is 0.471. The lowest BCUT2D eigenvalue weighted by Crippen LogP contribution is -2.58. The van der Waals surface area contributed by atoms with Crippen molar-refractivity contribution in [3.8, 4) is 0 Å². The normalized spacial score (nSPS) is 38.5. The number of unbranched alkanes of at least 4 members (excludes halogenated alkanes) is 1. The van der Waals surface area contributed by atoms with E-state index in [0.29, 0.717) is 0 Å². The fourth-order valence-corrected chi connectivity index (χ4v) is 1.55. The van der Waals surface area contributed by atoms with Crippen molar-refractivity contribution < 1.29 is 29.9 Å². The average Bonchev–Trinajstić information content (AvgIpc) is 2.34. The Labute approximate surface area is 100 Å². The van der Waals surface area contributed by atoms with Crippen molar-refractivity contribution in [3.05, 3.63) is 12.3 Å². The summed E-state index contributed by atoms with van der Waals surface area (Å²) in [5.41, 5.74) is 0. The summed E-state index contributed by atoms with van der Waals surface area (Å²) in [6.07, 6.45) is -1.17. The van der Waals surface area contributed by atoms with Gasteiger partial charge in [-0.15, -0.1) is 0 Å². The monoisotopic (exact) mass is 248 g/mol. The van der Waals surface area contributed by atoms with E-state index < -0.39 is 37.3 Å². The minimum atomic E-state index is -1.40. The van der Waals surface area contributed by atoms with Crippen LogP contribution < -0.4 is 0 Å². The number of allylic oxidation sites excluding steroid dienone is 1. The fraction of sp³-hybridized carbons (Fsp3) is 0.818. The zero-order valence-electron chi connectivity index (χ0n) is 9.77. The molecule has 1 saturated heterocycles.